The Bertz CT molecular complexity index is 625. The van der Waals surface area contributed by atoms with Gasteiger partial charge in [-0.3, -0.25) is 4.79 Å². The van der Waals surface area contributed by atoms with Crippen molar-refractivity contribution >= 4 is 15.8 Å². The molecule has 0 heterocycles. The molecule has 0 saturated heterocycles. The summed E-state index contributed by atoms with van der Waals surface area (Å²) in [6.07, 6.45) is 0. The van der Waals surface area contributed by atoms with Gasteiger partial charge in [-0.2, -0.15) is 0 Å². The van der Waals surface area contributed by atoms with Gasteiger partial charge in [0.2, 0.25) is 0 Å². The molecule has 0 bridgehead atoms. The van der Waals surface area contributed by atoms with E-state index >= 15 is 0 Å². The highest BCUT2D eigenvalue weighted by molar-refractivity contribution is 7.92. The van der Waals surface area contributed by atoms with Gasteiger partial charge in [0.25, 0.3) is 0 Å². The minimum Gasteiger partial charge on any atom is -0.497 e. The van der Waals surface area contributed by atoms with Gasteiger partial charge in [0.05, 0.1) is 12.4 Å². The lowest BCUT2D eigenvalue weighted by molar-refractivity contribution is -0.139. The van der Waals surface area contributed by atoms with Crippen LogP contribution in [-0.4, -0.2) is 43.1 Å². The number of sulfone groups is 1. The zero-order chi connectivity index (χ0) is 15.1. The van der Waals surface area contributed by atoms with Crippen LogP contribution in [0.25, 0.3) is 0 Å². The number of methoxy groups -OCH3 is 1. The molecule has 1 saturated carbocycles. The maximum atomic E-state index is 12.0. The maximum absolute atomic E-state index is 12.0. The minimum atomic E-state index is -3.53. The molecule has 1 aliphatic carbocycles. The normalized spacial score (nSPS) is 28.9. The summed E-state index contributed by atoms with van der Waals surface area (Å²) >= 11 is 0. The Morgan fingerprint density at radius 1 is 1.40 bits per heavy atom. The van der Waals surface area contributed by atoms with Gasteiger partial charge in [-0.1, -0.05) is 19.1 Å². The predicted octanol–water partition coefficient (Wildman–Crippen LogP) is 0.378. The SMILES string of the molecule is CCS(=O)(=O)[C@@H]1[C@H](c2ccc(OC)cc2)[C@@]1(N)C(=O)O. The van der Waals surface area contributed by atoms with Crippen LogP contribution in [0.15, 0.2) is 24.3 Å². The summed E-state index contributed by atoms with van der Waals surface area (Å²) in [5.74, 6) is -1.53. The Morgan fingerprint density at radius 3 is 2.35 bits per heavy atom. The zero-order valence-corrected chi connectivity index (χ0v) is 12.1. The summed E-state index contributed by atoms with van der Waals surface area (Å²) in [7, 11) is -2.01. The highest BCUT2D eigenvalue weighted by Gasteiger charge is 2.73. The number of nitrogens with two attached hydrogens (primary N) is 1. The Kier molecular flexibility index (Phi) is 3.51. The fourth-order valence-corrected chi connectivity index (χ4v) is 4.49. The van der Waals surface area contributed by atoms with Gasteiger partial charge in [0, 0.05) is 11.7 Å². The lowest BCUT2D eigenvalue weighted by Gasteiger charge is -2.05. The summed E-state index contributed by atoms with van der Waals surface area (Å²) in [6.45, 7) is 1.49. The fourth-order valence-electron chi connectivity index (χ4n) is 2.57. The Labute approximate surface area is 117 Å². The first-order valence-corrected chi connectivity index (χ1v) is 7.88. The van der Waals surface area contributed by atoms with E-state index in [2.05, 4.69) is 0 Å². The summed E-state index contributed by atoms with van der Waals surface area (Å²) in [6, 6.07) is 6.62. The number of rotatable bonds is 5. The van der Waals surface area contributed by atoms with Crippen LogP contribution in [0.5, 0.6) is 5.75 Å². The van der Waals surface area contributed by atoms with E-state index in [9.17, 15) is 18.3 Å². The first-order chi connectivity index (χ1) is 9.29. The molecular weight excluding hydrogens is 282 g/mol. The van der Waals surface area contributed by atoms with Crippen molar-refractivity contribution in [3.8, 4) is 5.75 Å². The molecule has 3 N–H and O–H groups in total. The smallest absolute Gasteiger partial charge is 0.325 e. The lowest BCUT2D eigenvalue weighted by atomic mass is 10.1. The highest BCUT2D eigenvalue weighted by Crippen LogP contribution is 2.54. The molecule has 3 atom stereocenters. The largest absolute Gasteiger partial charge is 0.497 e. The number of benzene rings is 1. The number of hydrogen-bond donors (Lipinski definition) is 2. The third kappa shape index (κ3) is 2.06. The molecule has 0 spiro atoms. The first kappa shape index (κ1) is 14.8. The van der Waals surface area contributed by atoms with Crippen LogP contribution in [0.1, 0.15) is 18.4 Å². The van der Waals surface area contributed by atoms with Crippen LogP contribution in [0.3, 0.4) is 0 Å². The molecule has 1 aliphatic rings. The second-order valence-corrected chi connectivity index (χ2v) is 7.27. The van der Waals surface area contributed by atoms with Crippen LogP contribution in [-0.2, 0) is 14.6 Å². The maximum Gasteiger partial charge on any atom is 0.325 e. The standard InChI is InChI=1S/C13H17NO5S/c1-3-20(17,18)11-10(13(11,14)12(15)16)8-4-6-9(19-2)7-5-8/h4-7,10-11H,3,14H2,1-2H3,(H,15,16)/t10-,11+,13-/m0/s1. The average Bonchev–Trinajstić information content (AvgIpc) is 3.08. The van der Waals surface area contributed by atoms with E-state index in [-0.39, 0.29) is 5.75 Å². The average molecular weight is 299 g/mol. The number of ether oxygens (including phenoxy) is 1. The number of carboxylic acids is 1. The molecule has 2 rings (SSSR count). The van der Waals surface area contributed by atoms with Crippen LogP contribution in [0.4, 0.5) is 0 Å². The molecule has 20 heavy (non-hydrogen) atoms. The van der Waals surface area contributed by atoms with Gasteiger partial charge in [-0.15, -0.1) is 0 Å². The van der Waals surface area contributed by atoms with Gasteiger partial charge in [0.15, 0.2) is 9.84 Å². The molecule has 0 unspecified atom stereocenters. The van der Waals surface area contributed by atoms with E-state index < -0.39 is 32.5 Å². The van der Waals surface area contributed by atoms with Crippen LogP contribution in [0.2, 0.25) is 0 Å². The van der Waals surface area contributed by atoms with E-state index in [4.69, 9.17) is 10.5 Å². The van der Waals surface area contributed by atoms with E-state index in [0.29, 0.717) is 11.3 Å². The minimum absolute atomic E-state index is 0.128. The lowest BCUT2D eigenvalue weighted by Crippen LogP contribution is -2.40. The molecule has 0 aromatic heterocycles. The van der Waals surface area contributed by atoms with Crippen molar-refractivity contribution in [1.29, 1.82) is 0 Å². The summed E-state index contributed by atoms with van der Waals surface area (Å²) in [5, 5.41) is 8.18. The molecular formula is C13H17NO5S. The van der Waals surface area contributed by atoms with Gasteiger partial charge < -0.3 is 15.6 Å². The third-order valence-corrected chi connectivity index (χ3v) is 6.05. The predicted molar refractivity (Wildman–Crippen MR) is 73.5 cm³/mol. The summed E-state index contributed by atoms with van der Waals surface area (Å²) in [5.41, 5.74) is 4.68. The van der Waals surface area contributed by atoms with Crippen molar-refractivity contribution in [3.63, 3.8) is 0 Å². The number of hydrogen-bond acceptors (Lipinski definition) is 5. The second-order valence-electron chi connectivity index (χ2n) is 4.86. The van der Waals surface area contributed by atoms with Gasteiger partial charge >= 0.3 is 5.97 Å². The fraction of sp³-hybridized carbons (Fsp3) is 0.462. The Hall–Kier alpha value is -1.60. The van der Waals surface area contributed by atoms with E-state index in [0.717, 1.165) is 0 Å². The van der Waals surface area contributed by atoms with Crippen LogP contribution < -0.4 is 10.5 Å². The van der Waals surface area contributed by atoms with Crippen molar-refractivity contribution in [2.45, 2.75) is 23.6 Å². The highest BCUT2D eigenvalue weighted by atomic mass is 32.2. The van der Waals surface area contributed by atoms with Gasteiger partial charge in [0.1, 0.15) is 11.3 Å². The van der Waals surface area contributed by atoms with Crippen molar-refractivity contribution in [3.05, 3.63) is 29.8 Å². The Morgan fingerprint density at radius 2 is 1.95 bits per heavy atom. The second kappa shape index (κ2) is 4.75. The van der Waals surface area contributed by atoms with Crippen molar-refractivity contribution in [1.82, 2.24) is 0 Å². The molecule has 110 valence electrons. The Balaban J connectivity index is 2.41. The molecule has 0 amide bonds. The van der Waals surface area contributed by atoms with Gasteiger partial charge in [-0.25, -0.2) is 8.42 Å². The van der Waals surface area contributed by atoms with Crippen molar-refractivity contribution < 1.29 is 23.1 Å². The van der Waals surface area contributed by atoms with E-state index in [1.165, 1.54) is 14.0 Å². The van der Waals surface area contributed by atoms with Crippen LogP contribution in [0, 0.1) is 0 Å². The monoisotopic (exact) mass is 299 g/mol. The van der Waals surface area contributed by atoms with E-state index in [1.807, 2.05) is 0 Å². The molecule has 1 fully saturated rings. The third-order valence-electron chi connectivity index (χ3n) is 3.81. The molecule has 1 aromatic carbocycles. The van der Waals surface area contributed by atoms with Gasteiger partial charge in [-0.05, 0) is 17.7 Å². The molecule has 0 radical (unpaired) electrons. The van der Waals surface area contributed by atoms with Crippen LogP contribution >= 0.6 is 0 Å². The van der Waals surface area contributed by atoms with Crippen molar-refractivity contribution in [2.75, 3.05) is 12.9 Å². The topological polar surface area (TPSA) is 107 Å². The van der Waals surface area contributed by atoms with E-state index in [1.54, 1.807) is 24.3 Å². The quantitative estimate of drug-likeness (QED) is 0.814. The number of carbonyl (C=O) groups is 1. The summed E-state index contributed by atoms with van der Waals surface area (Å²) < 4.78 is 29.1. The summed E-state index contributed by atoms with van der Waals surface area (Å²) in [4.78, 5) is 11.3. The molecule has 1 aromatic rings. The van der Waals surface area contributed by atoms with Crippen molar-refractivity contribution in [2.24, 2.45) is 5.73 Å². The molecule has 0 aliphatic heterocycles. The number of carboxylic acid groups (broad SMARTS) is 1. The molecule has 7 heteroatoms. The number of aliphatic carboxylic acids is 1. The first-order valence-electron chi connectivity index (χ1n) is 6.16. The zero-order valence-electron chi connectivity index (χ0n) is 11.2. The molecule has 6 nitrogen and oxygen atoms in total.